The number of cyclic esters (lactones) is 1. The third-order valence-electron chi connectivity index (χ3n) is 2.41. The van der Waals surface area contributed by atoms with Gasteiger partial charge >= 0.3 is 5.97 Å². The van der Waals surface area contributed by atoms with Gasteiger partial charge in [-0.05, 0) is 5.56 Å². The number of carbonyl (C=O) groups is 1. The fourth-order valence-electron chi connectivity index (χ4n) is 1.61. The maximum Gasteiger partial charge on any atom is 0.310 e. The van der Waals surface area contributed by atoms with Gasteiger partial charge in [-0.1, -0.05) is 30.3 Å². The molecule has 4 nitrogen and oxygen atoms in total. The molecule has 4 heteroatoms. The van der Waals surface area contributed by atoms with E-state index in [2.05, 4.69) is 0 Å². The van der Waals surface area contributed by atoms with E-state index in [1.807, 2.05) is 30.3 Å². The van der Waals surface area contributed by atoms with Crippen molar-refractivity contribution in [1.82, 2.24) is 0 Å². The minimum Gasteiger partial charge on any atom is -0.436 e. The van der Waals surface area contributed by atoms with Crippen molar-refractivity contribution in [2.75, 3.05) is 0 Å². The monoisotopic (exact) mass is 222 g/mol. The quantitative estimate of drug-likeness (QED) is 0.781. The van der Waals surface area contributed by atoms with E-state index in [9.17, 15) is 9.90 Å². The van der Waals surface area contributed by atoms with Gasteiger partial charge < -0.3 is 14.6 Å². The Balaban J connectivity index is 1.84. The standard InChI is InChI=1S/C12H14O4/c13-10-6-11(14)16-12(7-10)15-8-9-4-2-1-3-5-9/h1-5,10,12-13H,6-8H2/t10-,12-/m0/s1. The lowest BCUT2D eigenvalue weighted by atomic mass is 10.1. The molecule has 1 saturated heterocycles. The maximum absolute atomic E-state index is 11.0. The number of rotatable bonds is 3. The lowest BCUT2D eigenvalue weighted by Gasteiger charge is -2.25. The van der Waals surface area contributed by atoms with Crippen molar-refractivity contribution in [3.05, 3.63) is 35.9 Å². The summed E-state index contributed by atoms with van der Waals surface area (Å²) in [6, 6.07) is 9.62. The summed E-state index contributed by atoms with van der Waals surface area (Å²) in [5.41, 5.74) is 1.01. The molecule has 0 spiro atoms. The van der Waals surface area contributed by atoms with E-state index >= 15 is 0 Å². The van der Waals surface area contributed by atoms with Gasteiger partial charge in [-0.3, -0.25) is 4.79 Å². The predicted molar refractivity (Wildman–Crippen MR) is 56.4 cm³/mol. The average molecular weight is 222 g/mol. The third kappa shape index (κ3) is 3.05. The lowest BCUT2D eigenvalue weighted by molar-refractivity contribution is -0.202. The zero-order valence-corrected chi connectivity index (χ0v) is 8.83. The van der Waals surface area contributed by atoms with Crippen LogP contribution in [0, 0.1) is 0 Å². The molecule has 2 rings (SSSR count). The van der Waals surface area contributed by atoms with Crippen LogP contribution in [0.1, 0.15) is 18.4 Å². The summed E-state index contributed by atoms with van der Waals surface area (Å²) in [6.07, 6.45) is -0.873. The first-order valence-electron chi connectivity index (χ1n) is 5.27. The molecule has 1 fully saturated rings. The number of hydrogen-bond donors (Lipinski definition) is 1. The van der Waals surface area contributed by atoms with Crippen molar-refractivity contribution in [2.24, 2.45) is 0 Å². The van der Waals surface area contributed by atoms with Gasteiger partial charge in [0.1, 0.15) is 0 Å². The van der Waals surface area contributed by atoms with E-state index in [4.69, 9.17) is 9.47 Å². The van der Waals surface area contributed by atoms with Crippen LogP contribution < -0.4 is 0 Å². The van der Waals surface area contributed by atoms with Gasteiger partial charge in [-0.15, -0.1) is 0 Å². The first kappa shape index (κ1) is 11.1. The molecule has 1 aromatic rings. The summed E-state index contributed by atoms with van der Waals surface area (Å²) >= 11 is 0. The van der Waals surface area contributed by atoms with E-state index < -0.39 is 18.4 Å². The molecule has 86 valence electrons. The molecule has 0 bridgehead atoms. The summed E-state index contributed by atoms with van der Waals surface area (Å²) in [7, 11) is 0. The van der Waals surface area contributed by atoms with Crippen molar-refractivity contribution in [3.8, 4) is 0 Å². The van der Waals surface area contributed by atoms with Gasteiger partial charge in [0.05, 0.1) is 19.1 Å². The molecule has 1 aromatic carbocycles. The van der Waals surface area contributed by atoms with Crippen LogP contribution in [-0.4, -0.2) is 23.5 Å². The molecule has 1 aliphatic heterocycles. The Morgan fingerprint density at radius 1 is 1.38 bits per heavy atom. The van der Waals surface area contributed by atoms with Crippen LogP contribution >= 0.6 is 0 Å². The van der Waals surface area contributed by atoms with Crippen molar-refractivity contribution >= 4 is 5.97 Å². The zero-order chi connectivity index (χ0) is 11.4. The Bertz CT molecular complexity index is 349. The summed E-state index contributed by atoms with van der Waals surface area (Å²) < 4.78 is 10.4. The summed E-state index contributed by atoms with van der Waals surface area (Å²) in [5, 5.41) is 9.37. The second kappa shape index (κ2) is 5.09. The molecule has 0 aromatic heterocycles. The zero-order valence-electron chi connectivity index (χ0n) is 8.83. The van der Waals surface area contributed by atoms with Crippen LogP contribution in [0.2, 0.25) is 0 Å². The number of aliphatic hydroxyl groups excluding tert-OH is 1. The number of hydrogen-bond acceptors (Lipinski definition) is 4. The van der Waals surface area contributed by atoms with Crippen LogP contribution in [0.4, 0.5) is 0 Å². The Hall–Kier alpha value is -1.39. The van der Waals surface area contributed by atoms with Gasteiger partial charge in [0.15, 0.2) is 0 Å². The second-order valence-corrected chi connectivity index (χ2v) is 3.81. The van der Waals surface area contributed by atoms with Gasteiger partial charge in [0.2, 0.25) is 6.29 Å². The average Bonchev–Trinajstić information content (AvgIpc) is 2.27. The number of carbonyl (C=O) groups excluding carboxylic acids is 1. The van der Waals surface area contributed by atoms with E-state index in [1.165, 1.54) is 0 Å². The minimum absolute atomic E-state index is 0.0607. The Morgan fingerprint density at radius 3 is 2.81 bits per heavy atom. The summed E-state index contributed by atoms with van der Waals surface area (Å²) in [5.74, 6) is -0.406. The second-order valence-electron chi connectivity index (χ2n) is 3.81. The molecule has 0 amide bonds. The third-order valence-corrected chi connectivity index (χ3v) is 2.41. The molecule has 1 heterocycles. The first-order chi connectivity index (χ1) is 7.74. The molecule has 0 radical (unpaired) electrons. The number of esters is 1. The molecule has 1 N–H and O–H groups in total. The van der Waals surface area contributed by atoms with Crippen LogP contribution in [0.15, 0.2) is 30.3 Å². The molecular formula is C12H14O4. The summed E-state index contributed by atoms with van der Waals surface area (Å²) in [4.78, 5) is 11.0. The molecule has 0 aliphatic carbocycles. The Kier molecular flexibility index (Phi) is 3.54. The molecule has 16 heavy (non-hydrogen) atoms. The SMILES string of the molecule is O=C1C[C@H](O)C[C@@H](OCc2ccccc2)O1. The normalized spacial score (nSPS) is 25.2. The van der Waals surface area contributed by atoms with Gasteiger partial charge in [-0.25, -0.2) is 0 Å². The molecule has 2 atom stereocenters. The molecule has 0 unspecified atom stereocenters. The smallest absolute Gasteiger partial charge is 0.310 e. The van der Waals surface area contributed by atoms with E-state index in [0.717, 1.165) is 5.56 Å². The lowest BCUT2D eigenvalue weighted by Crippen LogP contribution is -2.34. The van der Waals surface area contributed by atoms with E-state index in [-0.39, 0.29) is 6.42 Å². The van der Waals surface area contributed by atoms with Crippen LogP contribution in [0.5, 0.6) is 0 Å². The first-order valence-corrected chi connectivity index (χ1v) is 5.27. The fraction of sp³-hybridized carbons (Fsp3) is 0.417. The van der Waals surface area contributed by atoms with Crippen LogP contribution in [0.3, 0.4) is 0 Å². The van der Waals surface area contributed by atoms with Crippen LogP contribution in [0.25, 0.3) is 0 Å². The van der Waals surface area contributed by atoms with Crippen molar-refractivity contribution in [3.63, 3.8) is 0 Å². The van der Waals surface area contributed by atoms with Gasteiger partial charge in [0.25, 0.3) is 0 Å². The largest absolute Gasteiger partial charge is 0.436 e. The summed E-state index contributed by atoms with van der Waals surface area (Å²) in [6.45, 7) is 0.380. The topological polar surface area (TPSA) is 55.8 Å². The van der Waals surface area contributed by atoms with E-state index in [0.29, 0.717) is 13.0 Å². The van der Waals surface area contributed by atoms with Crippen LogP contribution in [-0.2, 0) is 20.9 Å². The van der Waals surface area contributed by atoms with Crippen molar-refractivity contribution in [1.29, 1.82) is 0 Å². The fourth-order valence-corrected chi connectivity index (χ4v) is 1.61. The highest BCUT2D eigenvalue weighted by Gasteiger charge is 2.27. The minimum atomic E-state index is -0.651. The predicted octanol–water partition coefficient (Wildman–Crippen LogP) is 1.23. The highest BCUT2D eigenvalue weighted by molar-refractivity contribution is 5.70. The molecule has 0 saturated carbocycles. The highest BCUT2D eigenvalue weighted by atomic mass is 16.7. The van der Waals surface area contributed by atoms with Crippen molar-refractivity contribution in [2.45, 2.75) is 31.8 Å². The number of benzene rings is 1. The van der Waals surface area contributed by atoms with Gasteiger partial charge in [-0.2, -0.15) is 0 Å². The maximum atomic E-state index is 11.0. The molecule has 1 aliphatic rings. The number of ether oxygens (including phenoxy) is 2. The van der Waals surface area contributed by atoms with E-state index in [1.54, 1.807) is 0 Å². The Labute approximate surface area is 93.8 Å². The van der Waals surface area contributed by atoms with Gasteiger partial charge in [0, 0.05) is 6.42 Å². The highest BCUT2D eigenvalue weighted by Crippen LogP contribution is 2.17. The Morgan fingerprint density at radius 2 is 2.12 bits per heavy atom. The number of aliphatic hydroxyl groups is 1. The van der Waals surface area contributed by atoms with Crippen molar-refractivity contribution < 1.29 is 19.4 Å². The molecular weight excluding hydrogens is 208 g/mol.